The largest absolute Gasteiger partial charge is 0.481 e. The Morgan fingerprint density at radius 2 is 2.31 bits per heavy atom. The Labute approximate surface area is 91.7 Å². The highest BCUT2D eigenvalue weighted by Crippen LogP contribution is 1.92. The van der Waals surface area contributed by atoms with E-state index in [1.165, 1.54) is 6.33 Å². The van der Waals surface area contributed by atoms with Crippen LogP contribution < -0.4 is 11.1 Å². The van der Waals surface area contributed by atoms with Crippen molar-refractivity contribution < 1.29 is 14.7 Å². The number of nitrogens with zero attached hydrogens (tertiary/aromatic N) is 2. The maximum atomic E-state index is 11.3. The van der Waals surface area contributed by atoms with Crippen LogP contribution in [0.3, 0.4) is 0 Å². The number of aliphatic carboxylic acids is 1. The van der Waals surface area contributed by atoms with Crippen molar-refractivity contribution in [1.82, 2.24) is 15.3 Å². The minimum atomic E-state index is -1.11. The Balaban J connectivity index is 2.38. The molecule has 86 valence electrons. The van der Waals surface area contributed by atoms with E-state index in [9.17, 15) is 9.59 Å². The highest BCUT2D eigenvalue weighted by Gasteiger charge is 2.16. The topological polar surface area (TPSA) is 118 Å². The van der Waals surface area contributed by atoms with Crippen LogP contribution in [0.5, 0.6) is 0 Å². The number of nitrogens with two attached hydrogens (primary N) is 1. The van der Waals surface area contributed by atoms with Crippen molar-refractivity contribution in [3.63, 3.8) is 0 Å². The number of amides is 1. The fourth-order valence-corrected chi connectivity index (χ4v) is 1.01. The van der Waals surface area contributed by atoms with E-state index in [0.717, 1.165) is 0 Å². The van der Waals surface area contributed by atoms with Gasteiger partial charge in [-0.05, 0) is 6.07 Å². The number of rotatable bonds is 5. The molecule has 1 heterocycles. The molecule has 1 amide bonds. The third kappa shape index (κ3) is 4.01. The smallest absolute Gasteiger partial charge is 0.305 e. The maximum absolute atomic E-state index is 11.3. The molecule has 0 radical (unpaired) electrons. The summed E-state index contributed by atoms with van der Waals surface area (Å²) in [5, 5.41) is 10.9. The van der Waals surface area contributed by atoms with E-state index < -0.39 is 24.3 Å². The minimum absolute atomic E-state index is 0.203. The monoisotopic (exact) mass is 224 g/mol. The van der Waals surface area contributed by atoms with Gasteiger partial charge in [0.05, 0.1) is 24.7 Å². The first-order valence-electron chi connectivity index (χ1n) is 4.59. The Morgan fingerprint density at radius 3 is 2.88 bits per heavy atom. The van der Waals surface area contributed by atoms with Crippen LogP contribution in [0.15, 0.2) is 18.6 Å². The number of carbonyl (C=O) groups excluding carboxylic acids is 1. The second kappa shape index (κ2) is 5.76. The highest BCUT2D eigenvalue weighted by molar-refractivity contribution is 5.85. The van der Waals surface area contributed by atoms with E-state index in [0.29, 0.717) is 5.69 Å². The van der Waals surface area contributed by atoms with Crippen LogP contribution in [0.25, 0.3) is 0 Å². The maximum Gasteiger partial charge on any atom is 0.305 e. The van der Waals surface area contributed by atoms with Crippen LogP contribution >= 0.6 is 0 Å². The van der Waals surface area contributed by atoms with Gasteiger partial charge in [0.15, 0.2) is 0 Å². The molecule has 0 saturated carbocycles. The summed E-state index contributed by atoms with van der Waals surface area (Å²) in [5.41, 5.74) is 5.99. The van der Waals surface area contributed by atoms with Crippen molar-refractivity contribution in [3.05, 3.63) is 24.3 Å². The summed E-state index contributed by atoms with van der Waals surface area (Å²) in [4.78, 5) is 29.2. The zero-order chi connectivity index (χ0) is 12.0. The fraction of sp³-hybridized carbons (Fsp3) is 0.333. The van der Waals surface area contributed by atoms with Crippen LogP contribution in [0.2, 0.25) is 0 Å². The molecular formula is C9H12N4O3. The average Bonchev–Trinajstić information content (AvgIpc) is 2.26. The Hall–Kier alpha value is -2.02. The lowest BCUT2D eigenvalue weighted by Gasteiger charge is -2.09. The zero-order valence-electron chi connectivity index (χ0n) is 8.46. The molecule has 4 N–H and O–H groups in total. The number of nitrogens with one attached hydrogen (secondary N) is 1. The molecule has 7 heteroatoms. The molecular weight excluding hydrogens is 212 g/mol. The van der Waals surface area contributed by atoms with Crippen LogP contribution in [0.1, 0.15) is 12.1 Å². The normalized spacial score (nSPS) is 11.8. The molecule has 7 nitrogen and oxygen atoms in total. The number of carbonyl (C=O) groups is 2. The van der Waals surface area contributed by atoms with Crippen molar-refractivity contribution in [2.24, 2.45) is 5.73 Å². The second-order valence-electron chi connectivity index (χ2n) is 3.12. The molecule has 1 atom stereocenters. The average molecular weight is 224 g/mol. The molecule has 1 unspecified atom stereocenters. The SMILES string of the molecule is NC(CC(=O)O)C(=O)NCc1ccncn1. The van der Waals surface area contributed by atoms with Crippen molar-refractivity contribution in [1.29, 1.82) is 0 Å². The summed E-state index contributed by atoms with van der Waals surface area (Å²) in [6.45, 7) is 0.203. The Kier molecular flexibility index (Phi) is 4.34. The first-order valence-corrected chi connectivity index (χ1v) is 4.59. The third-order valence-corrected chi connectivity index (χ3v) is 1.82. The molecule has 1 rings (SSSR count). The van der Waals surface area contributed by atoms with Gasteiger partial charge in [0.25, 0.3) is 0 Å². The highest BCUT2D eigenvalue weighted by atomic mass is 16.4. The molecule has 16 heavy (non-hydrogen) atoms. The van der Waals surface area contributed by atoms with Gasteiger partial charge in [0, 0.05) is 6.20 Å². The van der Waals surface area contributed by atoms with Crippen LogP contribution in [-0.4, -0.2) is 33.0 Å². The predicted molar refractivity (Wildman–Crippen MR) is 54.1 cm³/mol. The molecule has 0 bridgehead atoms. The molecule has 0 spiro atoms. The van der Waals surface area contributed by atoms with Gasteiger partial charge in [-0.15, -0.1) is 0 Å². The van der Waals surface area contributed by atoms with Gasteiger partial charge >= 0.3 is 5.97 Å². The first kappa shape index (κ1) is 12.1. The van der Waals surface area contributed by atoms with E-state index in [4.69, 9.17) is 10.8 Å². The second-order valence-corrected chi connectivity index (χ2v) is 3.12. The number of hydrogen-bond donors (Lipinski definition) is 3. The number of aromatic nitrogens is 2. The van der Waals surface area contributed by atoms with E-state index in [1.807, 2.05) is 0 Å². The lowest BCUT2D eigenvalue weighted by Crippen LogP contribution is -2.41. The summed E-state index contributed by atoms with van der Waals surface area (Å²) in [5.74, 6) is -1.62. The number of carboxylic acid groups (broad SMARTS) is 1. The molecule has 0 aliphatic rings. The minimum Gasteiger partial charge on any atom is -0.481 e. The standard InChI is InChI=1S/C9H12N4O3/c10-7(3-8(14)15)9(16)12-4-6-1-2-11-5-13-6/h1-2,5,7H,3-4,10H2,(H,12,16)(H,14,15). The van der Waals surface area contributed by atoms with Gasteiger partial charge < -0.3 is 16.2 Å². The van der Waals surface area contributed by atoms with Crippen molar-refractivity contribution in [3.8, 4) is 0 Å². The van der Waals surface area contributed by atoms with Crippen LogP contribution in [-0.2, 0) is 16.1 Å². The third-order valence-electron chi connectivity index (χ3n) is 1.82. The van der Waals surface area contributed by atoms with Gasteiger partial charge in [-0.1, -0.05) is 0 Å². The summed E-state index contributed by atoms with van der Waals surface area (Å²) < 4.78 is 0. The predicted octanol–water partition coefficient (Wildman–Crippen LogP) is -1.11. The molecule has 1 aromatic heterocycles. The van der Waals surface area contributed by atoms with Gasteiger partial charge in [-0.2, -0.15) is 0 Å². The summed E-state index contributed by atoms with van der Waals surface area (Å²) >= 11 is 0. The van der Waals surface area contributed by atoms with Crippen LogP contribution in [0, 0.1) is 0 Å². The quantitative estimate of drug-likeness (QED) is 0.584. The van der Waals surface area contributed by atoms with Crippen LogP contribution in [0.4, 0.5) is 0 Å². The molecule has 1 aromatic rings. The summed E-state index contributed by atoms with van der Waals surface area (Å²) in [7, 11) is 0. The number of carboxylic acids is 1. The summed E-state index contributed by atoms with van der Waals surface area (Å²) in [6, 6.07) is 0.600. The van der Waals surface area contributed by atoms with E-state index >= 15 is 0 Å². The van der Waals surface area contributed by atoms with Crippen molar-refractivity contribution in [2.45, 2.75) is 19.0 Å². The fourth-order valence-electron chi connectivity index (χ4n) is 1.01. The Morgan fingerprint density at radius 1 is 1.56 bits per heavy atom. The Bertz CT molecular complexity index is 368. The molecule has 0 aliphatic carbocycles. The lowest BCUT2D eigenvalue weighted by atomic mass is 10.2. The van der Waals surface area contributed by atoms with Crippen molar-refractivity contribution in [2.75, 3.05) is 0 Å². The zero-order valence-corrected chi connectivity index (χ0v) is 8.46. The van der Waals surface area contributed by atoms with E-state index in [-0.39, 0.29) is 6.54 Å². The van der Waals surface area contributed by atoms with E-state index in [2.05, 4.69) is 15.3 Å². The van der Waals surface area contributed by atoms with E-state index in [1.54, 1.807) is 12.3 Å². The van der Waals surface area contributed by atoms with Crippen molar-refractivity contribution >= 4 is 11.9 Å². The van der Waals surface area contributed by atoms with Gasteiger partial charge in [0.2, 0.25) is 5.91 Å². The van der Waals surface area contributed by atoms with Gasteiger partial charge in [0.1, 0.15) is 6.33 Å². The lowest BCUT2D eigenvalue weighted by molar-refractivity contribution is -0.139. The van der Waals surface area contributed by atoms with Gasteiger partial charge in [-0.25, -0.2) is 9.97 Å². The summed E-state index contributed by atoms with van der Waals surface area (Å²) in [6.07, 6.45) is 2.51. The molecule has 0 saturated heterocycles. The molecule has 0 aromatic carbocycles. The first-order chi connectivity index (χ1) is 7.59. The molecule has 0 aliphatic heterocycles. The number of hydrogen-bond acceptors (Lipinski definition) is 5. The van der Waals surface area contributed by atoms with Gasteiger partial charge in [-0.3, -0.25) is 9.59 Å². The molecule has 0 fully saturated rings.